The Morgan fingerprint density at radius 2 is 1.17 bits per heavy atom. The monoisotopic (exact) mass is 256 g/mol. The normalized spacial score (nSPS) is 9.89. The van der Waals surface area contributed by atoms with Gasteiger partial charge in [0.05, 0.1) is 0 Å². The van der Waals surface area contributed by atoms with E-state index in [1.165, 1.54) is 11.1 Å². The highest BCUT2D eigenvalue weighted by atomic mass is 32.1. The first-order valence-electron chi connectivity index (χ1n) is 5.86. The summed E-state index contributed by atoms with van der Waals surface area (Å²) in [7, 11) is 0. The van der Waals surface area contributed by atoms with E-state index in [-0.39, 0.29) is 0 Å². The number of aryl methyl sites for hydroxylation is 2. The Labute approximate surface area is 113 Å². The van der Waals surface area contributed by atoms with E-state index in [9.17, 15) is 0 Å². The van der Waals surface area contributed by atoms with Crippen LogP contribution < -0.4 is 10.6 Å². The molecule has 0 fully saturated rings. The van der Waals surface area contributed by atoms with Crippen molar-refractivity contribution in [2.24, 2.45) is 0 Å². The molecule has 92 valence electrons. The summed E-state index contributed by atoms with van der Waals surface area (Å²) in [5, 5.41) is 7.02. The van der Waals surface area contributed by atoms with Gasteiger partial charge in [-0.3, -0.25) is 0 Å². The minimum Gasteiger partial charge on any atom is -0.332 e. The van der Waals surface area contributed by atoms with Crippen LogP contribution in [0.5, 0.6) is 0 Å². The average molecular weight is 256 g/mol. The summed E-state index contributed by atoms with van der Waals surface area (Å²) in [5.41, 5.74) is 4.41. The van der Waals surface area contributed by atoms with Crippen molar-refractivity contribution in [1.82, 2.24) is 0 Å². The summed E-state index contributed by atoms with van der Waals surface area (Å²) in [4.78, 5) is 0. The molecule has 18 heavy (non-hydrogen) atoms. The van der Waals surface area contributed by atoms with Crippen LogP contribution in [0, 0.1) is 13.8 Å². The summed E-state index contributed by atoms with van der Waals surface area (Å²) in [6, 6.07) is 16.1. The van der Waals surface area contributed by atoms with Crippen LogP contribution in [0.3, 0.4) is 0 Å². The summed E-state index contributed by atoms with van der Waals surface area (Å²) in [6.07, 6.45) is 0. The molecule has 2 aromatic carbocycles. The predicted octanol–water partition coefficient (Wildman–Crippen LogP) is 4.11. The quantitative estimate of drug-likeness (QED) is 0.791. The van der Waals surface area contributed by atoms with Crippen LogP contribution in [0.2, 0.25) is 0 Å². The Kier molecular flexibility index (Phi) is 3.95. The molecule has 2 nitrogen and oxygen atoms in total. The third kappa shape index (κ3) is 3.08. The summed E-state index contributed by atoms with van der Waals surface area (Å²) >= 11 is 5.32. The molecular formula is C15H16N2S. The number of nitrogens with one attached hydrogen (secondary N) is 2. The van der Waals surface area contributed by atoms with Crippen molar-refractivity contribution in [1.29, 1.82) is 0 Å². The number of hydrogen-bond acceptors (Lipinski definition) is 1. The fourth-order valence-electron chi connectivity index (χ4n) is 1.70. The lowest BCUT2D eigenvalue weighted by molar-refractivity contribution is 1.44. The molecule has 0 radical (unpaired) electrons. The number of benzene rings is 2. The standard InChI is InChI=1S/C15H16N2S/c1-11-7-3-5-9-13(11)16-15(18)17-14-10-6-4-8-12(14)2/h3-10H,1-2H3,(H2,16,17,18). The van der Waals surface area contributed by atoms with Crippen LogP contribution in [0.1, 0.15) is 11.1 Å². The van der Waals surface area contributed by atoms with Crippen molar-refractivity contribution >= 4 is 28.7 Å². The van der Waals surface area contributed by atoms with Gasteiger partial charge in [0.1, 0.15) is 0 Å². The second-order valence-electron chi connectivity index (χ2n) is 4.21. The van der Waals surface area contributed by atoms with Crippen LogP contribution >= 0.6 is 12.2 Å². The summed E-state index contributed by atoms with van der Waals surface area (Å²) in [6.45, 7) is 4.11. The highest BCUT2D eigenvalue weighted by molar-refractivity contribution is 7.80. The Hall–Kier alpha value is -1.87. The zero-order chi connectivity index (χ0) is 13.0. The van der Waals surface area contributed by atoms with E-state index >= 15 is 0 Å². The van der Waals surface area contributed by atoms with Gasteiger partial charge in [-0.1, -0.05) is 36.4 Å². The van der Waals surface area contributed by atoms with E-state index in [4.69, 9.17) is 12.2 Å². The zero-order valence-corrected chi connectivity index (χ0v) is 11.3. The molecule has 3 heteroatoms. The van der Waals surface area contributed by atoms with Gasteiger partial charge >= 0.3 is 0 Å². The van der Waals surface area contributed by atoms with Gasteiger partial charge in [-0.15, -0.1) is 0 Å². The van der Waals surface area contributed by atoms with E-state index in [2.05, 4.69) is 36.6 Å². The zero-order valence-electron chi connectivity index (χ0n) is 10.5. The maximum Gasteiger partial charge on any atom is 0.175 e. The van der Waals surface area contributed by atoms with Crippen LogP contribution in [-0.2, 0) is 0 Å². The van der Waals surface area contributed by atoms with Crippen LogP contribution in [-0.4, -0.2) is 5.11 Å². The predicted molar refractivity (Wildman–Crippen MR) is 82.2 cm³/mol. The molecular weight excluding hydrogens is 240 g/mol. The van der Waals surface area contributed by atoms with E-state index in [1.807, 2.05) is 36.4 Å². The first-order chi connectivity index (χ1) is 8.66. The molecule has 0 saturated carbocycles. The highest BCUT2D eigenvalue weighted by Crippen LogP contribution is 2.16. The van der Waals surface area contributed by atoms with Crippen LogP contribution in [0.25, 0.3) is 0 Å². The fraction of sp³-hybridized carbons (Fsp3) is 0.133. The molecule has 0 heterocycles. The number of thiocarbonyl (C=S) groups is 1. The molecule has 0 amide bonds. The Balaban J connectivity index is 2.06. The Morgan fingerprint density at radius 3 is 1.56 bits per heavy atom. The van der Waals surface area contributed by atoms with Crippen molar-refractivity contribution in [3.05, 3.63) is 59.7 Å². The van der Waals surface area contributed by atoms with Gasteiger partial charge in [0.2, 0.25) is 0 Å². The maximum absolute atomic E-state index is 5.32. The third-order valence-corrected chi connectivity index (χ3v) is 2.99. The average Bonchev–Trinajstić information content (AvgIpc) is 2.35. The molecule has 2 N–H and O–H groups in total. The molecule has 2 rings (SSSR count). The van der Waals surface area contributed by atoms with Crippen LogP contribution in [0.4, 0.5) is 11.4 Å². The minimum atomic E-state index is 0.610. The molecule has 0 aromatic heterocycles. The molecule has 0 aliphatic carbocycles. The van der Waals surface area contributed by atoms with E-state index in [0.29, 0.717) is 5.11 Å². The molecule has 0 bridgehead atoms. The van der Waals surface area contributed by atoms with Gasteiger partial charge in [0, 0.05) is 11.4 Å². The van der Waals surface area contributed by atoms with Gasteiger partial charge in [0.25, 0.3) is 0 Å². The van der Waals surface area contributed by atoms with Crippen LogP contribution in [0.15, 0.2) is 48.5 Å². The van der Waals surface area contributed by atoms with Crippen molar-refractivity contribution in [2.45, 2.75) is 13.8 Å². The lowest BCUT2D eigenvalue weighted by atomic mass is 10.2. The summed E-state index contributed by atoms with van der Waals surface area (Å²) in [5.74, 6) is 0. The Morgan fingerprint density at radius 1 is 0.778 bits per heavy atom. The summed E-state index contributed by atoms with van der Waals surface area (Å²) < 4.78 is 0. The van der Waals surface area contributed by atoms with Crippen molar-refractivity contribution < 1.29 is 0 Å². The number of anilines is 2. The van der Waals surface area contributed by atoms with Gasteiger partial charge in [-0.05, 0) is 49.3 Å². The van der Waals surface area contributed by atoms with E-state index < -0.39 is 0 Å². The van der Waals surface area contributed by atoms with E-state index in [0.717, 1.165) is 11.4 Å². The first-order valence-corrected chi connectivity index (χ1v) is 6.27. The van der Waals surface area contributed by atoms with Crippen molar-refractivity contribution in [2.75, 3.05) is 10.6 Å². The topological polar surface area (TPSA) is 24.1 Å². The number of hydrogen-bond donors (Lipinski definition) is 2. The van der Waals surface area contributed by atoms with Crippen molar-refractivity contribution in [3.8, 4) is 0 Å². The lowest BCUT2D eigenvalue weighted by Gasteiger charge is -2.13. The second-order valence-corrected chi connectivity index (χ2v) is 4.62. The van der Waals surface area contributed by atoms with Crippen molar-refractivity contribution in [3.63, 3.8) is 0 Å². The molecule has 0 spiro atoms. The second kappa shape index (κ2) is 5.65. The lowest BCUT2D eigenvalue weighted by Crippen LogP contribution is -2.20. The van der Waals surface area contributed by atoms with Gasteiger partial charge in [-0.25, -0.2) is 0 Å². The van der Waals surface area contributed by atoms with Gasteiger partial charge in [0.15, 0.2) is 5.11 Å². The fourth-order valence-corrected chi connectivity index (χ4v) is 1.92. The smallest absolute Gasteiger partial charge is 0.175 e. The molecule has 0 saturated heterocycles. The first kappa shape index (κ1) is 12.6. The number of para-hydroxylation sites is 2. The molecule has 0 aliphatic rings. The largest absolute Gasteiger partial charge is 0.332 e. The third-order valence-electron chi connectivity index (χ3n) is 2.79. The minimum absolute atomic E-state index is 0.610. The van der Waals surface area contributed by atoms with Gasteiger partial charge < -0.3 is 10.6 Å². The highest BCUT2D eigenvalue weighted by Gasteiger charge is 2.02. The Bertz CT molecular complexity index is 514. The maximum atomic E-state index is 5.32. The van der Waals surface area contributed by atoms with E-state index in [1.54, 1.807) is 0 Å². The molecule has 0 atom stereocenters. The SMILES string of the molecule is Cc1ccccc1NC(=S)Nc1ccccc1C. The molecule has 2 aromatic rings. The molecule has 0 aliphatic heterocycles. The number of rotatable bonds is 2. The molecule has 0 unspecified atom stereocenters. The van der Waals surface area contributed by atoms with Gasteiger partial charge in [-0.2, -0.15) is 0 Å².